The van der Waals surface area contributed by atoms with Crippen LogP contribution in [0.15, 0.2) is 0 Å². The number of nitrogens with zero attached hydrogens (tertiary/aromatic N) is 1. The van der Waals surface area contributed by atoms with Gasteiger partial charge >= 0.3 is 0 Å². The lowest BCUT2D eigenvalue weighted by Gasteiger charge is -2.32. The van der Waals surface area contributed by atoms with Gasteiger partial charge in [0.25, 0.3) is 0 Å². The van der Waals surface area contributed by atoms with Gasteiger partial charge < -0.3 is 15.0 Å². The van der Waals surface area contributed by atoms with E-state index in [0.717, 1.165) is 19.1 Å². The highest BCUT2D eigenvalue weighted by atomic mass is 16.5. The van der Waals surface area contributed by atoms with Crippen LogP contribution >= 0.6 is 0 Å². The van der Waals surface area contributed by atoms with Gasteiger partial charge in [0.1, 0.15) is 0 Å². The Hall–Kier alpha value is -0.610. The highest BCUT2D eigenvalue weighted by molar-refractivity contribution is 5.76. The van der Waals surface area contributed by atoms with E-state index in [1.807, 2.05) is 0 Å². The largest absolute Gasteiger partial charge is 0.381 e. The highest BCUT2D eigenvalue weighted by Crippen LogP contribution is 2.38. The molecule has 4 rings (SSSR count). The number of hydrogen-bond acceptors (Lipinski definition) is 3. The van der Waals surface area contributed by atoms with Crippen molar-refractivity contribution in [3.8, 4) is 0 Å². The molecule has 0 aromatic heterocycles. The molecule has 0 bridgehead atoms. The van der Waals surface area contributed by atoms with Crippen molar-refractivity contribution in [1.29, 1.82) is 0 Å². The molecule has 0 aromatic carbocycles. The van der Waals surface area contributed by atoms with Gasteiger partial charge in [0, 0.05) is 32.1 Å². The predicted octanol–water partition coefficient (Wildman–Crippen LogP) is 1.26. The maximum atomic E-state index is 12.0. The lowest BCUT2D eigenvalue weighted by molar-refractivity contribution is -0.124. The van der Waals surface area contributed by atoms with Crippen molar-refractivity contribution in [2.75, 3.05) is 32.8 Å². The first-order valence-electron chi connectivity index (χ1n) is 8.37. The number of ether oxygens (including phenoxy) is 1. The molecule has 2 heterocycles. The summed E-state index contributed by atoms with van der Waals surface area (Å²) >= 11 is 0. The van der Waals surface area contributed by atoms with Crippen LogP contribution in [0.3, 0.4) is 0 Å². The molecule has 0 radical (unpaired) electrons. The monoisotopic (exact) mass is 278 g/mol. The number of likely N-dealkylation sites (tertiary alicyclic amines) is 1. The van der Waals surface area contributed by atoms with Gasteiger partial charge in [-0.2, -0.15) is 0 Å². The Morgan fingerprint density at radius 1 is 1.15 bits per heavy atom. The molecule has 4 nitrogen and oxygen atoms in total. The van der Waals surface area contributed by atoms with E-state index in [-0.39, 0.29) is 5.91 Å². The van der Waals surface area contributed by atoms with Crippen molar-refractivity contribution in [3.05, 3.63) is 0 Å². The molecule has 2 saturated carbocycles. The molecular formula is C16H26N2O2. The molecule has 112 valence electrons. The van der Waals surface area contributed by atoms with E-state index in [9.17, 15) is 4.79 Å². The Labute approximate surface area is 121 Å². The number of fused-ring (bicyclic) bond motifs is 1. The molecule has 4 heteroatoms. The summed E-state index contributed by atoms with van der Waals surface area (Å²) in [5.41, 5.74) is 0. The molecule has 2 aliphatic heterocycles. The SMILES string of the molecule is O=C(C[C@@H]1COC[C@H]2CN(CC3CC3)C[C@@H]12)NC1CC1. The average molecular weight is 278 g/mol. The van der Waals surface area contributed by atoms with Gasteiger partial charge in [-0.05, 0) is 49.4 Å². The standard InChI is InChI=1S/C16H26N2O2/c19-16(17-14-3-4-14)5-12-9-20-10-13-7-18(8-15(12)13)6-11-1-2-11/h11-15H,1-10H2,(H,17,19)/t12-,13-,15+/m1/s1. The molecule has 0 aromatic rings. The van der Waals surface area contributed by atoms with Crippen LogP contribution in [0.5, 0.6) is 0 Å². The van der Waals surface area contributed by atoms with Gasteiger partial charge in [0.05, 0.1) is 13.2 Å². The molecule has 4 fully saturated rings. The van der Waals surface area contributed by atoms with Crippen molar-refractivity contribution in [2.24, 2.45) is 23.7 Å². The zero-order valence-corrected chi connectivity index (χ0v) is 12.2. The fraction of sp³-hybridized carbons (Fsp3) is 0.938. The normalized spacial score (nSPS) is 37.7. The second kappa shape index (κ2) is 5.30. The minimum atomic E-state index is 0.252. The third-order valence-electron chi connectivity index (χ3n) is 5.44. The van der Waals surface area contributed by atoms with Crippen molar-refractivity contribution in [3.63, 3.8) is 0 Å². The van der Waals surface area contributed by atoms with Gasteiger partial charge in [-0.25, -0.2) is 0 Å². The number of rotatable bonds is 5. The summed E-state index contributed by atoms with van der Waals surface area (Å²) in [4.78, 5) is 14.7. The van der Waals surface area contributed by atoms with Crippen LogP contribution in [0, 0.1) is 23.7 Å². The maximum Gasteiger partial charge on any atom is 0.220 e. The number of hydrogen-bond donors (Lipinski definition) is 1. The van der Waals surface area contributed by atoms with Crippen LogP contribution in [0.2, 0.25) is 0 Å². The van der Waals surface area contributed by atoms with Crippen LogP contribution < -0.4 is 5.32 Å². The first-order valence-corrected chi connectivity index (χ1v) is 8.37. The van der Waals surface area contributed by atoms with Gasteiger partial charge in [0.15, 0.2) is 0 Å². The van der Waals surface area contributed by atoms with Gasteiger partial charge in [-0.15, -0.1) is 0 Å². The fourth-order valence-electron chi connectivity index (χ4n) is 3.97. The first-order chi connectivity index (χ1) is 9.78. The molecule has 1 amide bonds. The third kappa shape index (κ3) is 3.01. The van der Waals surface area contributed by atoms with Crippen LogP contribution in [0.1, 0.15) is 32.1 Å². The minimum Gasteiger partial charge on any atom is -0.381 e. The van der Waals surface area contributed by atoms with Gasteiger partial charge in [0.2, 0.25) is 5.91 Å². The highest BCUT2D eigenvalue weighted by Gasteiger charge is 2.42. The van der Waals surface area contributed by atoms with E-state index < -0.39 is 0 Å². The average Bonchev–Trinajstić information content (AvgIpc) is 3.31. The van der Waals surface area contributed by atoms with Crippen molar-refractivity contribution >= 4 is 5.91 Å². The summed E-state index contributed by atoms with van der Waals surface area (Å²) in [7, 11) is 0. The maximum absolute atomic E-state index is 12.0. The molecule has 0 unspecified atom stereocenters. The van der Waals surface area contributed by atoms with Crippen LogP contribution in [0.4, 0.5) is 0 Å². The topological polar surface area (TPSA) is 41.6 Å². The van der Waals surface area contributed by atoms with E-state index in [1.54, 1.807) is 0 Å². The summed E-state index contributed by atoms with van der Waals surface area (Å²) in [6.45, 7) is 5.38. The second-order valence-corrected chi connectivity index (χ2v) is 7.43. The zero-order chi connectivity index (χ0) is 13.5. The Morgan fingerprint density at radius 2 is 2.00 bits per heavy atom. The van der Waals surface area contributed by atoms with Crippen LogP contribution in [-0.2, 0) is 9.53 Å². The molecule has 2 aliphatic carbocycles. The fourth-order valence-corrected chi connectivity index (χ4v) is 3.97. The van der Waals surface area contributed by atoms with E-state index in [4.69, 9.17) is 4.74 Å². The van der Waals surface area contributed by atoms with Gasteiger partial charge in [-0.1, -0.05) is 0 Å². The van der Waals surface area contributed by atoms with Crippen molar-refractivity contribution in [1.82, 2.24) is 10.2 Å². The number of nitrogens with one attached hydrogen (secondary N) is 1. The molecule has 0 spiro atoms. The van der Waals surface area contributed by atoms with E-state index in [1.165, 1.54) is 45.3 Å². The summed E-state index contributed by atoms with van der Waals surface area (Å²) < 4.78 is 5.78. The Balaban J connectivity index is 1.32. The lowest BCUT2D eigenvalue weighted by atomic mass is 9.81. The minimum absolute atomic E-state index is 0.252. The molecular weight excluding hydrogens is 252 g/mol. The van der Waals surface area contributed by atoms with Crippen LogP contribution in [0.25, 0.3) is 0 Å². The third-order valence-corrected chi connectivity index (χ3v) is 5.44. The molecule has 2 saturated heterocycles. The van der Waals surface area contributed by atoms with E-state index >= 15 is 0 Å². The summed E-state index contributed by atoms with van der Waals surface area (Å²) in [5.74, 6) is 3.01. The second-order valence-electron chi connectivity index (χ2n) is 7.43. The zero-order valence-electron chi connectivity index (χ0n) is 12.2. The smallest absolute Gasteiger partial charge is 0.220 e. The van der Waals surface area contributed by atoms with Crippen molar-refractivity contribution < 1.29 is 9.53 Å². The summed E-state index contributed by atoms with van der Waals surface area (Å²) in [6.07, 6.45) is 5.88. The Kier molecular flexibility index (Phi) is 3.47. The number of amides is 1. The number of carbonyl (C=O) groups excluding carboxylic acids is 1. The molecule has 1 N–H and O–H groups in total. The Bertz CT molecular complexity index is 379. The number of carbonyl (C=O) groups is 1. The van der Waals surface area contributed by atoms with E-state index in [0.29, 0.717) is 30.2 Å². The first kappa shape index (κ1) is 13.1. The Morgan fingerprint density at radius 3 is 2.75 bits per heavy atom. The summed E-state index contributed by atoms with van der Waals surface area (Å²) in [5, 5.41) is 3.13. The molecule has 3 atom stereocenters. The quantitative estimate of drug-likeness (QED) is 0.823. The lowest BCUT2D eigenvalue weighted by Crippen LogP contribution is -2.38. The van der Waals surface area contributed by atoms with Crippen LogP contribution in [-0.4, -0.2) is 49.7 Å². The summed E-state index contributed by atoms with van der Waals surface area (Å²) in [6, 6.07) is 0.484. The van der Waals surface area contributed by atoms with Crippen molar-refractivity contribution in [2.45, 2.75) is 38.1 Å². The predicted molar refractivity (Wildman–Crippen MR) is 76.2 cm³/mol. The molecule has 4 aliphatic rings. The van der Waals surface area contributed by atoms with E-state index in [2.05, 4.69) is 10.2 Å². The molecule has 20 heavy (non-hydrogen) atoms. The van der Waals surface area contributed by atoms with Gasteiger partial charge in [-0.3, -0.25) is 4.79 Å².